The minimum atomic E-state index is -3.13. The number of sulfonamides is 1. The van der Waals surface area contributed by atoms with E-state index in [-0.39, 0.29) is 5.75 Å². The highest BCUT2D eigenvalue weighted by Gasteiger charge is 2.04. The zero-order valence-electron chi connectivity index (χ0n) is 14.0. The largest absolute Gasteiger partial charge is 0.357 e. The molecule has 0 radical (unpaired) electrons. The fourth-order valence-electron chi connectivity index (χ4n) is 1.95. The van der Waals surface area contributed by atoms with Gasteiger partial charge in [-0.15, -0.1) is 0 Å². The Hall–Kier alpha value is -1.60. The van der Waals surface area contributed by atoms with Gasteiger partial charge >= 0.3 is 0 Å². The van der Waals surface area contributed by atoms with Crippen LogP contribution in [0.2, 0.25) is 0 Å². The van der Waals surface area contributed by atoms with Crippen LogP contribution < -0.4 is 15.4 Å². The zero-order valence-corrected chi connectivity index (χ0v) is 14.8. The first kappa shape index (κ1) is 19.4. The van der Waals surface area contributed by atoms with E-state index >= 15 is 0 Å². The van der Waals surface area contributed by atoms with Gasteiger partial charge in [0.05, 0.1) is 5.75 Å². The van der Waals surface area contributed by atoms with E-state index in [4.69, 9.17) is 0 Å². The molecular formula is C16H28N4O2S. The maximum absolute atomic E-state index is 11.3. The number of nitrogens with one attached hydrogen (secondary N) is 3. The summed E-state index contributed by atoms with van der Waals surface area (Å²) >= 11 is 0. The van der Waals surface area contributed by atoms with Gasteiger partial charge in [-0.05, 0) is 32.3 Å². The molecule has 1 aromatic carbocycles. The maximum Gasteiger partial charge on any atom is 0.211 e. The molecule has 0 aliphatic carbocycles. The van der Waals surface area contributed by atoms with E-state index in [1.165, 1.54) is 5.56 Å². The molecule has 1 rings (SSSR count). The van der Waals surface area contributed by atoms with Gasteiger partial charge in [-0.3, -0.25) is 4.99 Å². The van der Waals surface area contributed by atoms with E-state index in [0.29, 0.717) is 13.1 Å². The maximum atomic E-state index is 11.3. The Kier molecular flexibility index (Phi) is 9.31. The van der Waals surface area contributed by atoms with Crippen molar-refractivity contribution < 1.29 is 8.42 Å². The van der Waals surface area contributed by atoms with Crippen molar-refractivity contribution >= 4 is 16.0 Å². The topological polar surface area (TPSA) is 82.6 Å². The van der Waals surface area contributed by atoms with Gasteiger partial charge in [0.25, 0.3) is 0 Å². The molecule has 0 aliphatic rings. The number of aliphatic imine (C=N–C) groups is 1. The Morgan fingerprint density at radius 1 is 1.09 bits per heavy atom. The summed E-state index contributed by atoms with van der Waals surface area (Å²) in [6, 6.07) is 10.3. The lowest BCUT2D eigenvalue weighted by Crippen LogP contribution is -2.41. The number of hydrogen-bond donors (Lipinski definition) is 3. The third-order valence-corrected chi connectivity index (χ3v) is 4.60. The van der Waals surface area contributed by atoms with Crippen LogP contribution in [-0.4, -0.2) is 46.3 Å². The summed E-state index contributed by atoms with van der Waals surface area (Å²) in [4.78, 5) is 4.50. The minimum absolute atomic E-state index is 0.0979. The molecule has 0 fully saturated rings. The first-order valence-electron chi connectivity index (χ1n) is 8.11. The van der Waals surface area contributed by atoms with Crippen LogP contribution in [0.5, 0.6) is 0 Å². The lowest BCUT2D eigenvalue weighted by Gasteiger charge is -2.11. The zero-order chi connectivity index (χ0) is 17.0. The molecule has 0 atom stereocenters. The molecule has 0 unspecified atom stereocenters. The van der Waals surface area contributed by atoms with Crippen molar-refractivity contribution in [3.8, 4) is 0 Å². The molecule has 0 amide bonds. The van der Waals surface area contributed by atoms with Crippen LogP contribution in [0.25, 0.3) is 0 Å². The standard InChI is InChI=1S/C16H28N4O2S/c1-3-17-16(19-13-14-20-23(21,22)4-2)18-12-8-11-15-9-6-5-7-10-15/h5-7,9-10,20H,3-4,8,11-14H2,1-2H3,(H2,17,18,19). The number of guanidine groups is 1. The normalized spacial score (nSPS) is 12.2. The van der Waals surface area contributed by atoms with E-state index in [1.807, 2.05) is 25.1 Å². The Labute approximate surface area is 139 Å². The average molecular weight is 340 g/mol. The molecule has 0 aromatic heterocycles. The first-order valence-corrected chi connectivity index (χ1v) is 9.76. The fourth-order valence-corrected chi connectivity index (χ4v) is 2.57. The van der Waals surface area contributed by atoms with Crippen LogP contribution in [-0.2, 0) is 16.4 Å². The lowest BCUT2D eigenvalue weighted by atomic mass is 10.1. The third kappa shape index (κ3) is 9.20. The molecule has 23 heavy (non-hydrogen) atoms. The average Bonchev–Trinajstić information content (AvgIpc) is 2.56. The summed E-state index contributed by atoms with van der Waals surface area (Å²) in [6.45, 7) is 5.97. The molecule has 0 aliphatic heterocycles. The van der Waals surface area contributed by atoms with Crippen molar-refractivity contribution in [2.24, 2.45) is 4.99 Å². The quantitative estimate of drug-likeness (QED) is 0.339. The van der Waals surface area contributed by atoms with Gasteiger partial charge in [-0.1, -0.05) is 30.3 Å². The van der Waals surface area contributed by atoms with Crippen molar-refractivity contribution in [3.05, 3.63) is 35.9 Å². The molecule has 130 valence electrons. The summed E-state index contributed by atoms with van der Waals surface area (Å²) in [6.07, 6.45) is 1.98. The first-order chi connectivity index (χ1) is 11.1. The van der Waals surface area contributed by atoms with Crippen molar-refractivity contribution in [2.75, 3.05) is 31.9 Å². The van der Waals surface area contributed by atoms with Crippen LogP contribution in [0, 0.1) is 0 Å². The fraction of sp³-hybridized carbons (Fsp3) is 0.562. The van der Waals surface area contributed by atoms with Crippen LogP contribution >= 0.6 is 0 Å². The Bertz CT molecular complexity index is 559. The Balaban J connectivity index is 2.29. The monoisotopic (exact) mass is 340 g/mol. The van der Waals surface area contributed by atoms with Gasteiger partial charge < -0.3 is 10.6 Å². The van der Waals surface area contributed by atoms with Gasteiger partial charge in [0.1, 0.15) is 0 Å². The highest BCUT2D eigenvalue weighted by Crippen LogP contribution is 2.02. The number of hydrogen-bond acceptors (Lipinski definition) is 3. The molecule has 1 aromatic rings. The number of nitrogens with zero attached hydrogens (tertiary/aromatic N) is 1. The number of benzene rings is 1. The second-order valence-electron chi connectivity index (χ2n) is 5.07. The molecule has 0 saturated carbocycles. The summed E-state index contributed by atoms with van der Waals surface area (Å²) in [5.41, 5.74) is 1.31. The van der Waals surface area contributed by atoms with Crippen LogP contribution in [0.15, 0.2) is 35.3 Å². The predicted molar refractivity (Wildman–Crippen MR) is 96.2 cm³/mol. The SMILES string of the molecule is CCNC(=NCCCc1ccccc1)NCCNS(=O)(=O)CC. The summed E-state index contributed by atoms with van der Waals surface area (Å²) in [7, 11) is -3.13. The van der Waals surface area contributed by atoms with Crippen molar-refractivity contribution in [2.45, 2.75) is 26.7 Å². The third-order valence-electron chi connectivity index (χ3n) is 3.20. The molecule has 3 N–H and O–H groups in total. The molecule has 0 heterocycles. The molecular weight excluding hydrogens is 312 g/mol. The summed E-state index contributed by atoms with van der Waals surface area (Å²) < 4.78 is 25.2. The van der Waals surface area contributed by atoms with E-state index in [2.05, 4.69) is 32.5 Å². The second-order valence-corrected chi connectivity index (χ2v) is 7.17. The van der Waals surface area contributed by atoms with Gasteiger partial charge in [0.15, 0.2) is 5.96 Å². The smallest absolute Gasteiger partial charge is 0.211 e. The van der Waals surface area contributed by atoms with E-state index in [1.54, 1.807) is 6.92 Å². The number of rotatable bonds is 10. The van der Waals surface area contributed by atoms with Crippen LogP contribution in [0.4, 0.5) is 0 Å². The highest BCUT2D eigenvalue weighted by molar-refractivity contribution is 7.89. The highest BCUT2D eigenvalue weighted by atomic mass is 32.2. The Morgan fingerprint density at radius 3 is 2.48 bits per heavy atom. The molecule has 6 nitrogen and oxygen atoms in total. The molecule has 0 spiro atoms. The summed E-state index contributed by atoms with van der Waals surface area (Å²) in [5.74, 6) is 0.817. The second kappa shape index (κ2) is 11.0. The van der Waals surface area contributed by atoms with Gasteiger partial charge in [0.2, 0.25) is 10.0 Å². The predicted octanol–water partition coefficient (Wildman–Crippen LogP) is 1.11. The van der Waals surface area contributed by atoms with E-state index in [9.17, 15) is 8.42 Å². The number of aryl methyl sites for hydroxylation is 1. The van der Waals surface area contributed by atoms with Gasteiger partial charge in [-0.25, -0.2) is 13.1 Å². The van der Waals surface area contributed by atoms with Crippen molar-refractivity contribution in [1.29, 1.82) is 0 Å². The van der Waals surface area contributed by atoms with Crippen molar-refractivity contribution in [3.63, 3.8) is 0 Å². The molecule has 7 heteroatoms. The van der Waals surface area contributed by atoms with Crippen LogP contribution in [0.1, 0.15) is 25.8 Å². The van der Waals surface area contributed by atoms with Gasteiger partial charge in [-0.2, -0.15) is 0 Å². The minimum Gasteiger partial charge on any atom is -0.357 e. The molecule has 0 bridgehead atoms. The van der Waals surface area contributed by atoms with Crippen molar-refractivity contribution in [1.82, 2.24) is 15.4 Å². The van der Waals surface area contributed by atoms with E-state index in [0.717, 1.165) is 31.9 Å². The Morgan fingerprint density at radius 2 is 1.83 bits per heavy atom. The van der Waals surface area contributed by atoms with Gasteiger partial charge in [0, 0.05) is 26.2 Å². The lowest BCUT2D eigenvalue weighted by molar-refractivity contribution is 0.582. The van der Waals surface area contributed by atoms with E-state index < -0.39 is 10.0 Å². The summed E-state index contributed by atoms with van der Waals surface area (Å²) in [5, 5.41) is 6.28. The van der Waals surface area contributed by atoms with Crippen LogP contribution in [0.3, 0.4) is 0 Å². The molecule has 0 saturated heterocycles.